The molecule has 0 spiro atoms. The summed E-state index contributed by atoms with van der Waals surface area (Å²) in [6, 6.07) is 8.54. The van der Waals surface area contributed by atoms with Gasteiger partial charge >= 0.3 is 0 Å². The number of thioether (sulfide) groups is 1. The van der Waals surface area contributed by atoms with Crippen LogP contribution in [0, 0.1) is 17.8 Å². The molecule has 2 unspecified atom stereocenters. The highest BCUT2D eigenvalue weighted by Gasteiger charge is 2.41. The van der Waals surface area contributed by atoms with Crippen molar-refractivity contribution < 1.29 is 4.79 Å². The SMILES string of the molecule is CC1CC2CC(C1)CC(C)(c1ccc(NC(=O)CSc3nncn3C)cc1)C2. The highest BCUT2D eigenvalue weighted by Crippen LogP contribution is 2.51. The number of carbonyl (C=O) groups is 1. The van der Waals surface area contributed by atoms with Gasteiger partial charge in [-0.05, 0) is 73.0 Å². The maximum absolute atomic E-state index is 12.2. The Hall–Kier alpha value is -1.82. The molecule has 2 fully saturated rings. The van der Waals surface area contributed by atoms with Crippen molar-refractivity contribution in [1.29, 1.82) is 0 Å². The molecule has 28 heavy (non-hydrogen) atoms. The number of rotatable bonds is 5. The van der Waals surface area contributed by atoms with Crippen LogP contribution in [0.3, 0.4) is 0 Å². The maximum atomic E-state index is 12.2. The molecule has 1 aromatic carbocycles. The van der Waals surface area contributed by atoms with Gasteiger partial charge in [-0.3, -0.25) is 4.79 Å². The monoisotopic (exact) mass is 398 g/mol. The molecule has 2 bridgehead atoms. The Morgan fingerprint density at radius 2 is 1.89 bits per heavy atom. The summed E-state index contributed by atoms with van der Waals surface area (Å²) >= 11 is 1.39. The van der Waals surface area contributed by atoms with Gasteiger partial charge in [0.1, 0.15) is 6.33 Å². The number of nitrogens with zero attached hydrogens (tertiary/aromatic N) is 3. The smallest absolute Gasteiger partial charge is 0.234 e. The molecule has 1 N–H and O–H groups in total. The van der Waals surface area contributed by atoms with Crippen LogP contribution >= 0.6 is 11.8 Å². The van der Waals surface area contributed by atoms with Gasteiger partial charge in [0.05, 0.1) is 5.75 Å². The molecule has 2 aliphatic rings. The van der Waals surface area contributed by atoms with Crippen molar-refractivity contribution in [3.05, 3.63) is 36.2 Å². The first-order valence-corrected chi connectivity index (χ1v) is 11.3. The summed E-state index contributed by atoms with van der Waals surface area (Å²) in [5.41, 5.74) is 2.56. The minimum Gasteiger partial charge on any atom is -0.325 e. The Morgan fingerprint density at radius 1 is 1.21 bits per heavy atom. The van der Waals surface area contributed by atoms with E-state index in [9.17, 15) is 4.79 Å². The van der Waals surface area contributed by atoms with Gasteiger partial charge < -0.3 is 9.88 Å². The molecule has 150 valence electrons. The standard InChI is InChI=1S/C22H30N4OS/c1-15-8-16-10-17(9-15)12-22(2,11-16)18-4-6-19(7-5-18)24-20(27)13-28-21-25-23-14-26(21)3/h4-7,14-17H,8-13H2,1-3H3,(H,24,27). The Morgan fingerprint density at radius 3 is 2.50 bits per heavy atom. The van der Waals surface area contributed by atoms with Crippen molar-refractivity contribution in [2.75, 3.05) is 11.1 Å². The number of carbonyl (C=O) groups excluding carboxylic acids is 1. The van der Waals surface area contributed by atoms with Crippen LogP contribution in [0.25, 0.3) is 0 Å². The van der Waals surface area contributed by atoms with Gasteiger partial charge in [0.2, 0.25) is 5.91 Å². The summed E-state index contributed by atoms with van der Waals surface area (Å²) in [6.45, 7) is 4.86. The third-order valence-corrected chi connectivity index (χ3v) is 7.52. The molecule has 2 aliphatic carbocycles. The number of aromatic nitrogens is 3. The van der Waals surface area contributed by atoms with Crippen LogP contribution < -0.4 is 5.32 Å². The van der Waals surface area contributed by atoms with Crippen molar-refractivity contribution in [2.24, 2.45) is 24.8 Å². The molecule has 2 aromatic rings. The average Bonchev–Trinajstić information content (AvgIpc) is 3.04. The van der Waals surface area contributed by atoms with Crippen LogP contribution in [0.2, 0.25) is 0 Å². The lowest BCUT2D eigenvalue weighted by Crippen LogP contribution is -2.38. The van der Waals surface area contributed by atoms with Crippen molar-refractivity contribution in [3.63, 3.8) is 0 Å². The van der Waals surface area contributed by atoms with E-state index in [4.69, 9.17) is 0 Å². The van der Waals surface area contributed by atoms with E-state index in [1.807, 2.05) is 11.6 Å². The summed E-state index contributed by atoms with van der Waals surface area (Å²) in [5.74, 6) is 2.96. The minimum absolute atomic E-state index is 0.0202. The van der Waals surface area contributed by atoms with E-state index in [0.29, 0.717) is 5.75 Å². The molecule has 2 atom stereocenters. The normalized spacial score (nSPS) is 29.5. The van der Waals surface area contributed by atoms with E-state index in [1.165, 1.54) is 49.4 Å². The first-order valence-electron chi connectivity index (χ1n) is 10.3. The highest BCUT2D eigenvalue weighted by molar-refractivity contribution is 7.99. The van der Waals surface area contributed by atoms with Gasteiger partial charge in [0.15, 0.2) is 5.16 Å². The summed E-state index contributed by atoms with van der Waals surface area (Å²) < 4.78 is 1.81. The van der Waals surface area contributed by atoms with E-state index in [0.717, 1.165) is 28.6 Å². The molecule has 0 radical (unpaired) electrons. The van der Waals surface area contributed by atoms with Gasteiger partial charge in [0.25, 0.3) is 0 Å². The number of fused-ring (bicyclic) bond motifs is 2. The van der Waals surface area contributed by atoms with Crippen molar-refractivity contribution in [1.82, 2.24) is 14.8 Å². The molecule has 5 nitrogen and oxygen atoms in total. The first kappa shape index (κ1) is 19.5. The number of amides is 1. The molecule has 6 heteroatoms. The average molecular weight is 399 g/mol. The summed E-state index contributed by atoms with van der Waals surface area (Å²) in [7, 11) is 1.87. The lowest BCUT2D eigenvalue weighted by molar-refractivity contribution is -0.113. The van der Waals surface area contributed by atoms with Crippen LogP contribution in [-0.2, 0) is 17.3 Å². The first-order chi connectivity index (χ1) is 13.4. The molecule has 2 saturated carbocycles. The summed E-state index contributed by atoms with van der Waals surface area (Å²) in [5, 5.41) is 11.6. The Labute approximate surface area is 171 Å². The zero-order valence-electron chi connectivity index (χ0n) is 17.0. The Balaban J connectivity index is 1.36. The van der Waals surface area contributed by atoms with Crippen LogP contribution in [-0.4, -0.2) is 26.4 Å². The molecular formula is C22H30N4OS. The highest BCUT2D eigenvalue weighted by atomic mass is 32.2. The Bertz CT molecular complexity index is 813. The molecule has 1 amide bonds. The quantitative estimate of drug-likeness (QED) is 0.745. The molecular weight excluding hydrogens is 368 g/mol. The molecule has 1 aromatic heterocycles. The van der Waals surface area contributed by atoms with E-state index < -0.39 is 0 Å². The van der Waals surface area contributed by atoms with E-state index in [-0.39, 0.29) is 11.3 Å². The van der Waals surface area contributed by atoms with Gasteiger partial charge in [-0.15, -0.1) is 10.2 Å². The molecule has 1 heterocycles. The minimum atomic E-state index is -0.0202. The van der Waals surface area contributed by atoms with E-state index in [2.05, 4.69) is 53.6 Å². The largest absolute Gasteiger partial charge is 0.325 e. The second-order valence-corrected chi connectivity index (χ2v) is 10.1. The van der Waals surface area contributed by atoms with Gasteiger partial charge in [-0.1, -0.05) is 37.7 Å². The van der Waals surface area contributed by atoms with Gasteiger partial charge in [-0.2, -0.15) is 0 Å². The lowest BCUT2D eigenvalue weighted by Gasteiger charge is -2.47. The predicted molar refractivity (Wildman–Crippen MR) is 113 cm³/mol. The molecule has 0 saturated heterocycles. The number of anilines is 1. The van der Waals surface area contributed by atoms with Crippen LogP contribution in [0.15, 0.2) is 35.7 Å². The zero-order valence-corrected chi connectivity index (χ0v) is 17.8. The van der Waals surface area contributed by atoms with Crippen molar-refractivity contribution >= 4 is 23.4 Å². The maximum Gasteiger partial charge on any atom is 0.234 e. The predicted octanol–water partition coefficient (Wildman–Crippen LogP) is 4.65. The van der Waals surface area contributed by atoms with E-state index >= 15 is 0 Å². The number of aryl methyl sites for hydroxylation is 1. The third-order valence-electron chi connectivity index (χ3n) is 6.48. The van der Waals surface area contributed by atoms with Crippen LogP contribution in [0.1, 0.15) is 51.5 Å². The summed E-state index contributed by atoms with van der Waals surface area (Å²) in [6.07, 6.45) is 8.45. The van der Waals surface area contributed by atoms with Crippen molar-refractivity contribution in [3.8, 4) is 0 Å². The number of benzene rings is 1. The fourth-order valence-electron chi connectivity index (χ4n) is 5.51. The lowest BCUT2D eigenvalue weighted by atomic mass is 9.57. The zero-order chi connectivity index (χ0) is 19.7. The van der Waals surface area contributed by atoms with E-state index in [1.54, 1.807) is 6.33 Å². The summed E-state index contributed by atoms with van der Waals surface area (Å²) in [4.78, 5) is 12.2. The topological polar surface area (TPSA) is 59.8 Å². The fraction of sp³-hybridized carbons (Fsp3) is 0.591. The second kappa shape index (κ2) is 7.90. The van der Waals surface area contributed by atoms with Crippen molar-refractivity contribution in [2.45, 2.75) is 56.5 Å². The molecule has 4 rings (SSSR count). The number of hydrogen-bond acceptors (Lipinski definition) is 4. The van der Waals surface area contributed by atoms with Gasteiger partial charge in [-0.25, -0.2) is 0 Å². The van der Waals surface area contributed by atoms with Crippen LogP contribution in [0.5, 0.6) is 0 Å². The molecule has 0 aliphatic heterocycles. The number of hydrogen-bond donors (Lipinski definition) is 1. The second-order valence-electron chi connectivity index (χ2n) is 9.15. The van der Waals surface area contributed by atoms with Gasteiger partial charge in [0, 0.05) is 12.7 Å². The van der Waals surface area contributed by atoms with Crippen LogP contribution in [0.4, 0.5) is 5.69 Å². The number of nitrogens with one attached hydrogen (secondary N) is 1. The fourth-order valence-corrected chi connectivity index (χ4v) is 6.20. The Kier molecular flexibility index (Phi) is 5.50. The third kappa shape index (κ3) is 4.27.